The van der Waals surface area contributed by atoms with E-state index in [2.05, 4.69) is 11.3 Å². The van der Waals surface area contributed by atoms with Gasteiger partial charge >= 0.3 is 5.97 Å². The molecule has 5 nitrogen and oxygen atoms in total. The van der Waals surface area contributed by atoms with E-state index < -0.39 is 22.0 Å². The molecule has 138 valence electrons. The fourth-order valence-corrected chi connectivity index (χ4v) is 3.47. The summed E-state index contributed by atoms with van der Waals surface area (Å²) in [4.78, 5) is 12.7. The first-order chi connectivity index (χ1) is 12.8. The molecule has 0 aliphatic carbocycles. The van der Waals surface area contributed by atoms with Crippen LogP contribution in [0.25, 0.3) is 10.8 Å². The minimum absolute atomic E-state index is 0.000408. The number of fused-ring (bicyclic) bond motifs is 1. The minimum atomic E-state index is -3.58. The lowest BCUT2D eigenvalue weighted by Crippen LogP contribution is -2.32. The molecule has 0 saturated heterocycles. The summed E-state index contributed by atoms with van der Waals surface area (Å²) in [5.74, 6) is -0.304. The molecular weight excluding hydrogens is 362 g/mol. The molecule has 0 spiro atoms. The molecular formula is C21H19NO4S. The highest BCUT2D eigenvalue weighted by atomic mass is 32.2. The highest BCUT2D eigenvalue weighted by Gasteiger charge is 2.25. The van der Waals surface area contributed by atoms with Crippen molar-refractivity contribution < 1.29 is 17.9 Å². The fourth-order valence-electron chi connectivity index (χ4n) is 2.77. The third kappa shape index (κ3) is 4.61. The van der Waals surface area contributed by atoms with Crippen LogP contribution in [0.4, 0.5) is 0 Å². The van der Waals surface area contributed by atoms with Crippen LogP contribution in [0.1, 0.15) is 11.6 Å². The lowest BCUT2D eigenvalue weighted by Gasteiger charge is -2.19. The van der Waals surface area contributed by atoms with Gasteiger partial charge < -0.3 is 4.74 Å². The van der Waals surface area contributed by atoms with Crippen LogP contribution < -0.4 is 9.46 Å². The average Bonchev–Trinajstić information content (AvgIpc) is 2.66. The maximum Gasteiger partial charge on any atom is 0.340 e. The van der Waals surface area contributed by atoms with Gasteiger partial charge in [0, 0.05) is 5.39 Å². The SMILES string of the molecule is C=C(C(=O)Oc1cccc2ccccc12)[C@@H](NS(C)(=O)=O)c1ccccc1. The number of rotatable bonds is 6. The average molecular weight is 381 g/mol. The van der Waals surface area contributed by atoms with Gasteiger partial charge in [-0.2, -0.15) is 0 Å². The van der Waals surface area contributed by atoms with E-state index in [1.807, 2.05) is 30.3 Å². The highest BCUT2D eigenvalue weighted by Crippen LogP contribution is 2.28. The third-order valence-corrected chi connectivity index (χ3v) is 4.69. The predicted octanol–water partition coefficient (Wildman–Crippen LogP) is 3.59. The molecule has 1 N–H and O–H groups in total. The number of nitrogens with one attached hydrogen (secondary N) is 1. The predicted molar refractivity (Wildman–Crippen MR) is 106 cm³/mol. The fraction of sp³-hybridized carbons (Fsp3) is 0.0952. The molecule has 0 amide bonds. The Labute approximate surface area is 158 Å². The summed E-state index contributed by atoms with van der Waals surface area (Å²) in [6.07, 6.45) is 1.03. The standard InChI is InChI=1S/C21H19NO4S/c1-15(20(22-27(2,24)25)17-10-4-3-5-11-17)21(23)26-19-14-8-12-16-9-6-7-13-18(16)19/h3-14,20,22H,1H2,2H3/t20-/m1/s1. The van der Waals surface area contributed by atoms with E-state index in [1.165, 1.54) is 0 Å². The molecule has 0 saturated carbocycles. The van der Waals surface area contributed by atoms with Crippen molar-refractivity contribution >= 4 is 26.8 Å². The Balaban J connectivity index is 1.90. The Kier molecular flexibility index (Phi) is 5.39. The number of sulfonamides is 1. The molecule has 0 radical (unpaired) electrons. The second-order valence-corrected chi connectivity index (χ2v) is 7.91. The maximum atomic E-state index is 12.7. The van der Waals surface area contributed by atoms with E-state index in [9.17, 15) is 13.2 Å². The number of ether oxygens (including phenoxy) is 1. The highest BCUT2D eigenvalue weighted by molar-refractivity contribution is 7.88. The van der Waals surface area contributed by atoms with Crippen LogP contribution in [-0.4, -0.2) is 20.6 Å². The lowest BCUT2D eigenvalue weighted by atomic mass is 10.0. The lowest BCUT2D eigenvalue weighted by molar-refractivity contribution is -0.130. The van der Waals surface area contributed by atoms with Gasteiger partial charge in [-0.05, 0) is 17.0 Å². The van der Waals surface area contributed by atoms with Crippen LogP contribution in [0.2, 0.25) is 0 Å². The summed E-state index contributed by atoms with van der Waals surface area (Å²) in [6.45, 7) is 3.79. The van der Waals surface area contributed by atoms with Gasteiger partial charge in [-0.15, -0.1) is 0 Å². The number of benzene rings is 3. The molecule has 3 aromatic carbocycles. The first-order valence-electron chi connectivity index (χ1n) is 8.26. The normalized spacial score (nSPS) is 12.5. The van der Waals surface area contributed by atoms with Crippen molar-refractivity contribution in [1.82, 2.24) is 4.72 Å². The second kappa shape index (κ2) is 7.73. The minimum Gasteiger partial charge on any atom is -0.422 e. The first-order valence-corrected chi connectivity index (χ1v) is 10.2. The molecule has 0 aliphatic rings. The van der Waals surface area contributed by atoms with Crippen molar-refractivity contribution in [1.29, 1.82) is 0 Å². The smallest absolute Gasteiger partial charge is 0.340 e. The van der Waals surface area contributed by atoms with Crippen LogP contribution in [0.15, 0.2) is 84.9 Å². The molecule has 0 unspecified atom stereocenters. The zero-order valence-corrected chi connectivity index (χ0v) is 15.6. The number of hydrogen-bond donors (Lipinski definition) is 1. The monoisotopic (exact) mass is 381 g/mol. The largest absolute Gasteiger partial charge is 0.422 e. The number of esters is 1. The quantitative estimate of drug-likeness (QED) is 0.402. The van der Waals surface area contributed by atoms with Gasteiger partial charge in [0.25, 0.3) is 0 Å². The molecule has 0 aromatic heterocycles. The van der Waals surface area contributed by atoms with Crippen molar-refractivity contribution in [3.63, 3.8) is 0 Å². The Morgan fingerprint density at radius 2 is 1.59 bits per heavy atom. The van der Waals surface area contributed by atoms with Crippen LogP contribution in [-0.2, 0) is 14.8 Å². The van der Waals surface area contributed by atoms with Crippen LogP contribution in [0.5, 0.6) is 5.75 Å². The number of carbonyl (C=O) groups is 1. The van der Waals surface area contributed by atoms with Gasteiger partial charge in [0.2, 0.25) is 10.0 Å². The van der Waals surface area contributed by atoms with Gasteiger partial charge in [0.15, 0.2) is 0 Å². The summed E-state index contributed by atoms with van der Waals surface area (Å²) >= 11 is 0. The van der Waals surface area contributed by atoms with Gasteiger partial charge in [-0.1, -0.05) is 73.3 Å². The van der Waals surface area contributed by atoms with Crippen LogP contribution in [0, 0.1) is 0 Å². The molecule has 1 atom stereocenters. The molecule has 0 heterocycles. The first kappa shape index (κ1) is 18.8. The second-order valence-electron chi connectivity index (χ2n) is 6.13. The molecule has 27 heavy (non-hydrogen) atoms. The summed E-state index contributed by atoms with van der Waals surface area (Å²) in [7, 11) is -3.58. The molecule has 0 aliphatic heterocycles. The maximum absolute atomic E-state index is 12.7. The summed E-state index contributed by atoms with van der Waals surface area (Å²) < 4.78 is 31.5. The molecule has 6 heteroatoms. The van der Waals surface area contributed by atoms with Gasteiger partial charge in [0.05, 0.1) is 17.9 Å². The number of hydrogen-bond acceptors (Lipinski definition) is 4. The molecule has 3 rings (SSSR count). The molecule has 3 aromatic rings. The zero-order valence-electron chi connectivity index (χ0n) is 14.8. The van der Waals surface area contributed by atoms with Crippen LogP contribution in [0.3, 0.4) is 0 Å². The Hall–Kier alpha value is -2.96. The summed E-state index contributed by atoms with van der Waals surface area (Å²) in [6, 6.07) is 20.8. The summed E-state index contributed by atoms with van der Waals surface area (Å²) in [5.41, 5.74) is 0.599. The van der Waals surface area contributed by atoms with Crippen molar-refractivity contribution in [2.24, 2.45) is 0 Å². The van der Waals surface area contributed by atoms with Crippen molar-refractivity contribution in [3.05, 3.63) is 90.5 Å². The van der Waals surface area contributed by atoms with Gasteiger partial charge in [-0.25, -0.2) is 17.9 Å². The van der Waals surface area contributed by atoms with E-state index in [0.717, 1.165) is 17.0 Å². The van der Waals surface area contributed by atoms with E-state index >= 15 is 0 Å². The van der Waals surface area contributed by atoms with E-state index in [0.29, 0.717) is 11.3 Å². The van der Waals surface area contributed by atoms with Crippen molar-refractivity contribution in [3.8, 4) is 5.75 Å². The van der Waals surface area contributed by atoms with Crippen LogP contribution >= 0.6 is 0 Å². The Bertz CT molecular complexity index is 1090. The number of carbonyl (C=O) groups excluding carboxylic acids is 1. The van der Waals surface area contributed by atoms with E-state index in [-0.39, 0.29) is 5.57 Å². The topological polar surface area (TPSA) is 72.5 Å². The van der Waals surface area contributed by atoms with Crippen molar-refractivity contribution in [2.75, 3.05) is 6.26 Å². The van der Waals surface area contributed by atoms with E-state index in [1.54, 1.807) is 42.5 Å². The van der Waals surface area contributed by atoms with Gasteiger partial charge in [0.1, 0.15) is 5.75 Å². The molecule has 0 fully saturated rings. The zero-order chi connectivity index (χ0) is 19.4. The molecule has 0 bridgehead atoms. The van der Waals surface area contributed by atoms with Crippen molar-refractivity contribution in [2.45, 2.75) is 6.04 Å². The van der Waals surface area contributed by atoms with Gasteiger partial charge in [-0.3, -0.25) is 0 Å². The Morgan fingerprint density at radius 1 is 0.963 bits per heavy atom. The summed E-state index contributed by atoms with van der Waals surface area (Å²) in [5, 5.41) is 1.72. The Morgan fingerprint density at radius 3 is 2.30 bits per heavy atom. The van der Waals surface area contributed by atoms with E-state index in [4.69, 9.17) is 4.74 Å². The third-order valence-electron chi connectivity index (χ3n) is 4.03.